The predicted octanol–water partition coefficient (Wildman–Crippen LogP) is 3.43. The normalized spacial score (nSPS) is 14.9. The molecule has 0 aliphatic heterocycles. The predicted molar refractivity (Wildman–Crippen MR) is 116 cm³/mol. The number of aromatic nitrogens is 5. The second kappa shape index (κ2) is 7.46. The topological polar surface area (TPSA) is 113 Å². The number of nitrogen functional groups attached to an aromatic ring is 1. The Bertz CT molecular complexity index is 1270. The molecule has 3 aromatic heterocycles. The first-order valence-electron chi connectivity index (χ1n) is 10.3. The molecule has 31 heavy (non-hydrogen) atoms. The Morgan fingerprint density at radius 3 is 2.48 bits per heavy atom. The molecule has 0 atom stereocenters. The third-order valence-corrected chi connectivity index (χ3v) is 6.10. The molecule has 4 aromatic rings. The smallest absolute Gasteiger partial charge is 0.263 e. The first-order chi connectivity index (χ1) is 15.1. The molecule has 0 saturated heterocycles. The number of nitrogens with zero attached hydrogens (tertiary/aromatic N) is 5. The summed E-state index contributed by atoms with van der Waals surface area (Å²) in [5.41, 5.74) is 8.63. The second-order valence-electron chi connectivity index (χ2n) is 7.78. The number of nitrogens with two attached hydrogens (primary N) is 1. The van der Waals surface area contributed by atoms with Crippen molar-refractivity contribution in [3.63, 3.8) is 0 Å². The van der Waals surface area contributed by atoms with Gasteiger partial charge >= 0.3 is 0 Å². The first-order valence-corrected chi connectivity index (χ1v) is 10.3. The van der Waals surface area contributed by atoms with Crippen LogP contribution in [0.4, 0.5) is 5.95 Å². The Balaban J connectivity index is 1.48. The van der Waals surface area contributed by atoms with E-state index in [2.05, 4.69) is 32.2 Å². The fourth-order valence-corrected chi connectivity index (χ4v) is 4.12. The molecule has 8 heteroatoms. The minimum atomic E-state index is -0.295. The standard InChI is InChI=1S/C23H22N6O2/c1-2-29-12-3-5-18(20(29)30)19-27-21(28-31-19)23(10-4-11-23)17-8-6-15(7-9-17)16-13-25-22(24)26-14-16/h3,5-9,12-14H,2,4,10-11H2,1H3,(H2,24,25,26). The maximum Gasteiger partial charge on any atom is 0.263 e. The van der Waals surface area contributed by atoms with Gasteiger partial charge in [0.25, 0.3) is 11.4 Å². The van der Waals surface area contributed by atoms with Gasteiger partial charge in [-0.3, -0.25) is 4.79 Å². The van der Waals surface area contributed by atoms with Gasteiger partial charge in [-0.25, -0.2) is 9.97 Å². The van der Waals surface area contributed by atoms with E-state index in [1.54, 1.807) is 29.2 Å². The minimum Gasteiger partial charge on any atom is -0.368 e. The molecule has 5 rings (SSSR count). The summed E-state index contributed by atoms with van der Waals surface area (Å²) in [6, 6.07) is 11.8. The molecule has 1 aromatic carbocycles. The Labute approximate surface area is 178 Å². The fraction of sp³-hybridized carbons (Fsp3) is 0.261. The molecule has 0 radical (unpaired) electrons. The van der Waals surface area contributed by atoms with E-state index >= 15 is 0 Å². The lowest BCUT2D eigenvalue weighted by molar-refractivity contribution is 0.273. The average molecular weight is 414 g/mol. The van der Waals surface area contributed by atoms with Crippen LogP contribution in [0.25, 0.3) is 22.6 Å². The van der Waals surface area contributed by atoms with E-state index in [0.717, 1.165) is 36.0 Å². The van der Waals surface area contributed by atoms with E-state index in [1.807, 2.05) is 25.1 Å². The molecule has 0 unspecified atom stereocenters. The van der Waals surface area contributed by atoms with Gasteiger partial charge in [0.15, 0.2) is 5.82 Å². The number of anilines is 1. The van der Waals surface area contributed by atoms with Crippen molar-refractivity contribution in [1.82, 2.24) is 24.7 Å². The van der Waals surface area contributed by atoms with Gasteiger partial charge in [-0.15, -0.1) is 0 Å². The molecule has 1 aliphatic rings. The van der Waals surface area contributed by atoms with Crippen LogP contribution in [-0.2, 0) is 12.0 Å². The number of hydrogen-bond donors (Lipinski definition) is 1. The highest BCUT2D eigenvalue weighted by atomic mass is 16.5. The number of benzene rings is 1. The highest BCUT2D eigenvalue weighted by Crippen LogP contribution is 2.48. The molecule has 2 N–H and O–H groups in total. The lowest BCUT2D eigenvalue weighted by atomic mass is 9.64. The maximum absolute atomic E-state index is 12.6. The molecule has 1 saturated carbocycles. The summed E-state index contributed by atoms with van der Waals surface area (Å²) < 4.78 is 7.16. The molecule has 1 aliphatic carbocycles. The summed E-state index contributed by atoms with van der Waals surface area (Å²) in [5.74, 6) is 1.15. The SMILES string of the molecule is CCn1cccc(-c2nc(C3(c4ccc(-c5cnc(N)nc5)cc4)CCC3)no2)c1=O. The fourth-order valence-electron chi connectivity index (χ4n) is 4.12. The molecule has 0 spiro atoms. The zero-order chi connectivity index (χ0) is 21.4. The van der Waals surface area contributed by atoms with E-state index in [9.17, 15) is 4.79 Å². The van der Waals surface area contributed by atoms with Crippen molar-refractivity contribution in [3.8, 4) is 22.6 Å². The van der Waals surface area contributed by atoms with Crippen LogP contribution in [0.15, 0.2) is 64.3 Å². The zero-order valence-electron chi connectivity index (χ0n) is 17.2. The molecule has 3 heterocycles. The highest BCUT2D eigenvalue weighted by Gasteiger charge is 2.44. The van der Waals surface area contributed by atoms with Gasteiger partial charge in [0, 0.05) is 30.7 Å². The van der Waals surface area contributed by atoms with E-state index in [-0.39, 0.29) is 22.8 Å². The van der Waals surface area contributed by atoms with Gasteiger partial charge in [0.1, 0.15) is 5.56 Å². The highest BCUT2D eigenvalue weighted by molar-refractivity contribution is 5.63. The molecule has 0 amide bonds. The largest absolute Gasteiger partial charge is 0.368 e. The summed E-state index contributed by atoms with van der Waals surface area (Å²) in [4.78, 5) is 25.4. The summed E-state index contributed by atoms with van der Waals surface area (Å²) in [6.45, 7) is 2.51. The molecule has 1 fully saturated rings. The van der Waals surface area contributed by atoms with Crippen molar-refractivity contribution in [2.75, 3.05) is 5.73 Å². The maximum atomic E-state index is 12.6. The average Bonchev–Trinajstić information content (AvgIpc) is 3.24. The molecular formula is C23H22N6O2. The van der Waals surface area contributed by atoms with Gasteiger partial charge < -0.3 is 14.8 Å². The van der Waals surface area contributed by atoms with Crippen LogP contribution in [0.5, 0.6) is 0 Å². The third kappa shape index (κ3) is 3.20. The van der Waals surface area contributed by atoms with Gasteiger partial charge in [-0.1, -0.05) is 35.8 Å². The lowest BCUT2D eigenvalue weighted by Crippen LogP contribution is -2.36. The van der Waals surface area contributed by atoms with Crippen LogP contribution >= 0.6 is 0 Å². The van der Waals surface area contributed by atoms with Gasteiger partial charge in [-0.05, 0) is 43.0 Å². The summed E-state index contributed by atoms with van der Waals surface area (Å²) in [6.07, 6.45) is 8.14. The quantitative estimate of drug-likeness (QED) is 0.532. The van der Waals surface area contributed by atoms with Crippen LogP contribution in [0.2, 0.25) is 0 Å². The Kier molecular flexibility index (Phi) is 4.62. The number of rotatable bonds is 5. The van der Waals surface area contributed by atoms with Crippen molar-refractivity contribution in [2.24, 2.45) is 0 Å². The zero-order valence-corrected chi connectivity index (χ0v) is 17.2. The Hall–Kier alpha value is -3.81. The van der Waals surface area contributed by atoms with Crippen molar-refractivity contribution in [1.29, 1.82) is 0 Å². The molecular weight excluding hydrogens is 392 g/mol. The molecule has 156 valence electrons. The van der Waals surface area contributed by atoms with E-state index in [0.29, 0.717) is 17.9 Å². The Morgan fingerprint density at radius 2 is 1.84 bits per heavy atom. The van der Waals surface area contributed by atoms with Crippen LogP contribution < -0.4 is 11.3 Å². The summed E-state index contributed by atoms with van der Waals surface area (Å²) >= 11 is 0. The number of hydrogen-bond acceptors (Lipinski definition) is 7. The van der Waals surface area contributed by atoms with Gasteiger partial charge in [0.2, 0.25) is 5.95 Å². The van der Waals surface area contributed by atoms with Crippen LogP contribution in [-0.4, -0.2) is 24.7 Å². The third-order valence-electron chi connectivity index (χ3n) is 6.10. The van der Waals surface area contributed by atoms with Crippen molar-refractivity contribution in [3.05, 3.63) is 76.7 Å². The van der Waals surface area contributed by atoms with E-state index in [4.69, 9.17) is 10.3 Å². The summed E-state index contributed by atoms with van der Waals surface area (Å²) in [7, 11) is 0. The first kappa shape index (κ1) is 19.2. The van der Waals surface area contributed by atoms with Crippen molar-refractivity contribution in [2.45, 2.75) is 38.1 Å². The molecule has 0 bridgehead atoms. The van der Waals surface area contributed by atoms with Crippen LogP contribution in [0.3, 0.4) is 0 Å². The number of pyridine rings is 1. The second-order valence-corrected chi connectivity index (χ2v) is 7.78. The lowest BCUT2D eigenvalue weighted by Gasteiger charge is -2.39. The van der Waals surface area contributed by atoms with Gasteiger partial charge in [-0.2, -0.15) is 4.98 Å². The van der Waals surface area contributed by atoms with Crippen LogP contribution in [0.1, 0.15) is 37.6 Å². The monoisotopic (exact) mass is 414 g/mol. The van der Waals surface area contributed by atoms with E-state index < -0.39 is 0 Å². The number of aryl methyl sites for hydroxylation is 1. The minimum absolute atomic E-state index is 0.127. The molecule has 8 nitrogen and oxygen atoms in total. The summed E-state index contributed by atoms with van der Waals surface area (Å²) in [5, 5.41) is 4.28. The van der Waals surface area contributed by atoms with Crippen LogP contribution in [0, 0.1) is 0 Å². The van der Waals surface area contributed by atoms with Crippen molar-refractivity contribution >= 4 is 5.95 Å². The Morgan fingerprint density at radius 1 is 1.10 bits per heavy atom. The van der Waals surface area contributed by atoms with E-state index in [1.165, 1.54) is 0 Å². The van der Waals surface area contributed by atoms with Crippen molar-refractivity contribution < 1.29 is 4.52 Å². The van der Waals surface area contributed by atoms with Gasteiger partial charge in [0.05, 0.1) is 5.41 Å².